The molecule has 1 atom stereocenters. The van der Waals surface area contributed by atoms with E-state index in [1.54, 1.807) is 43.5 Å². The van der Waals surface area contributed by atoms with E-state index in [0.717, 1.165) is 19.9 Å². The predicted octanol–water partition coefficient (Wildman–Crippen LogP) is 5.18. The van der Waals surface area contributed by atoms with Crippen molar-refractivity contribution < 1.29 is 17.9 Å². The minimum absolute atomic E-state index is 0.0277. The number of benzene rings is 3. The fourth-order valence-electron chi connectivity index (χ4n) is 3.20. The molecule has 33 heavy (non-hydrogen) atoms. The van der Waals surface area contributed by atoms with Crippen LogP contribution >= 0.6 is 27.5 Å². The highest BCUT2D eigenvalue weighted by Crippen LogP contribution is 2.22. The number of carbonyl (C=O) groups is 1. The van der Waals surface area contributed by atoms with Gasteiger partial charge < -0.3 is 10.1 Å². The minimum atomic E-state index is -3.93. The Morgan fingerprint density at radius 3 is 2.21 bits per heavy atom. The van der Waals surface area contributed by atoms with Crippen LogP contribution in [-0.2, 0) is 21.4 Å². The number of carbonyl (C=O) groups excluding carboxylic acids is 1. The molecule has 1 N–H and O–H groups in total. The van der Waals surface area contributed by atoms with Gasteiger partial charge in [-0.15, -0.1) is 0 Å². The Balaban J connectivity index is 1.81. The van der Waals surface area contributed by atoms with Crippen LogP contribution in [0.15, 0.2) is 82.2 Å². The number of hydrogen-bond donors (Lipinski definition) is 1. The van der Waals surface area contributed by atoms with Crippen LogP contribution in [0.5, 0.6) is 5.75 Å². The fraction of sp³-hybridized carbons (Fsp3) is 0.208. The maximum atomic E-state index is 13.4. The number of rotatable bonds is 9. The molecule has 3 aromatic rings. The zero-order valence-electron chi connectivity index (χ0n) is 18.2. The Morgan fingerprint density at radius 2 is 1.64 bits per heavy atom. The summed E-state index contributed by atoms with van der Waals surface area (Å²) >= 11 is 9.27. The lowest BCUT2D eigenvalue weighted by Crippen LogP contribution is -2.41. The molecular weight excluding hydrogens is 528 g/mol. The SMILES string of the molecule is COc1ccc([C@H](C)NC(=O)CN(Cc2ccc(Cl)cc2)S(=O)(=O)c2ccc(Br)cc2)cc1. The molecule has 0 aliphatic rings. The Morgan fingerprint density at radius 1 is 1.03 bits per heavy atom. The Hall–Kier alpha value is -2.39. The standard InChI is InChI=1S/C24H24BrClN2O4S/c1-17(19-5-11-22(32-2)12-6-19)27-24(29)16-28(15-18-3-9-21(26)10-4-18)33(30,31)23-13-7-20(25)8-14-23/h3-14,17H,15-16H2,1-2H3,(H,27,29)/t17-/m0/s1. The third kappa shape index (κ3) is 6.80. The number of nitrogens with one attached hydrogen (secondary N) is 1. The van der Waals surface area contributed by atoms with Crippen molar-refractivity contribution in [1.29, 1.82) is 0 Å². The van der Waals surface area contributed by atoms with E-state index >= 15 is 0 Å². The maximum Gasteiger partial charge on any atom is 0.243 e. The van der Waals surface area contributed by atoms with E-state index in [0.29, 0.717) is 10.8 Å². The van der Waals surface area contributed by atoms with E-state index < -0.39 is 15.9 Å². The molecule has 6 nitrogen and oxygen atoms in total. The van der Waals surface area contributed by atoms with E-state index in [9.17, 15) is 13.2 Å². The predicted molar refractivity (Wildman–Crippen MR) is 133 cm³/mol. The first-order valence-electron chi connectivity index (χ1n) is 10.1. The van der Waals surface area contributed by atoms with E-state index in [1.807, 2.05) is 31.2 Å². The third-order valence-corrected chi connectivity index (χ3v) is 7.62. The van der Waals surface area contributed by atoms with Crippen LogP contribution in [0, 0.1) is 0 Å². The Kier molecular flexibility index (Phi) is 8.53. The topological polar surface area (TPSA) is 75.7 Å². The Bertz CT molecular complexity index is 1180. The number of methoxy groups -OCH3 is 1. The molecular formula is C24H24BrClN2O4S. The zero-order valence-corrected chi connectivity index (χ0v) is 21.3. The van der Waals surface area contributed by atoms with Gasteiger partial charge in [0.25, 0.3) is 0 Å². The van der Waals surface area contributed by atoms with Crippen LogP contribution in [0.25, 0.3) is 0 Å². The summed E-state index contributed by atoms with van der Waals surface area (Å²) in [4.78, 5) is 13.0. The Labute approximate surface area is 207 Å². The van der Waals surface area contributed by atoms with E-state index in [-0.39, 0.29) is 24.0 Å². The van der Waals surface area contributed by atoms with Crippen LogP contribution in [0.3, 0.4) is 0 Å². The second kappa shape index (κ2) is 11.2. The molecule has 3 rings (SSSR count). The normalized spacial score (nSPS) is 12.4. The van der Waals surface area contributed by atoms with Gasteiger partial charge in [0.2, 0.25) is 15.9 Å². The van der Waals surface area contributed by atoms with E-state index in [4.69, 9.17) is 16.3 Å². The third-order valence-electron chi connectivity index (χ3n) is 5.04. The van der Waals surface area contributed by atoms with Gasteiger partial charge in [-0.05, 0) is 66.6 Å². The molecule has 0 saturated carbocycles. The summed E-state index contributed by atoms with van der Waals surface area (Å²) in [5, 5.41) is 3.43. The molecule has 0 radical (unpaired) electrons. The van der Waals surface area contributed by atoms with Gasteiger partial charge in [0.1, 0.15) is 5.75 Å². The number of hydrogen-bond acceptors (Lipinski definition) is 4. The molecule has 0 unspecified atom stereocenters. The van der Waals surface area contributed by atoms with Crippen molar-refractivity contribution in [3.05, 3.63) is 93.4 Å². The average molecular weight is 552 g/mol. The van der Waals surface area contributed by atoms with Gasteiger partial charge in [0, 0.05) is 16.0 Å². The van der Waals surface area contributed by atoms with Crippen molar-refractivity contribution >= 4 is 43.5 Å². The first-order valence-corrected chi connectivity index (χ1v) is 12.7. The molecule has 0 saturated heterocycles. The highest BCUT2D eigenvalue weighted by molar-refractivity contribution is 9.10. The van der Waals surface area contributed by atoms with Gasteiger partial charge in [-0.2, -0.15) is 4.31 Å². The summed E-state index contributed by atoms with van der Waals surface area (Å²) in [5.74, 6) is 0.306. The minimum Gasteiger partial charge on any atom is -0.497 e. The summed E-state index contributed by atoms with van der Waals surface area (Å²) in [6.07, 6.45) is 0. The zero-order chi connectivity index (χ0) is 24.0. The van der Waals surface area contributed by atoms with Gasteiger partial charge in [-0.25, -0.2) is 8.42 Å². The second-order valence-electron chi connectivity index (χ2n) is 7.42. The lowest BCUT2D eigenvalue weighted by Gasteiger charge is -2.23. The molecule has 9 heteroatoms. The quantitative estimate of drug-likeness (QED) is 0.398. The first kappa shape index (κ1) is 25.2. The highest BCUT2D eigenvalue weighted by Gasteiger charge is 2.27. The van der Waals surface area contributed by atoms with Crippen molar-refractivity contribution in [2.75, 3.05) is 13.7 Å². The molecule has 0 fully saturated rings. The maximum absolute atomic E-state index is 13.4. The molecule has 0 aromatic heterocycles. The largest absolute Gasteiger partial charge is 0.497 e. The highest BCUT2D eigenvalue weighted by atomic mass is 79.9. The molecule has 1 amide bonds. The number of amides is 1. The van der Waals surface area contributed by atoms with Crippen LogP contribution in [-0.4, -0.2) is 32.3 Å². The van der Waals surface area contributed by atoms with Crippen LogP contribution in [0.4, 0.5) is 0 Å². The van der Waals surface area contributed by atoms with Crippen LogP contribution in [0.2, 0.25) is 5.02 Å². The summed E-state index contributed by atoms with van der Waals surface area (Å²) in [7, 11) is -2.34. The summed E-state index contributed by atoms with van der Waals surface area (Å²) in [5.41, 5.74) is 1.60. The fourth-order valence-corrected chi connectivity index (χ4v) is 4.97. The molecule has 0 heterocycles. The number of nitrogens with zero attached hydrogens (tertiary/aromatic N) is 1. The van der Waals surface area contributed by atoms with Crippen LogP contribution < -0.4 is 10.1 Å². The van der Waals surface area contributed by atoms with Crippen molar-refractivity contribution in [2.24, 2.45) is 0 Å². The molecule has 174 valence electrons. The van der Waals surface area contributed by atoms with Crippen molar-refractivity contribution in [3.63, 3.8) is 0 Å². The monoisotopic (exact) mass is 550 g/mol. The van der Waals surface area contributed by atoms with Crippen molar-refractivity contribution in [2.45, 2.75) is 24.4 Å². The summed E-state index contributed by atoms with van der Waals surface area (Å²) in [6, 6.07) is 20.2. The lowest BCUT2D eigenvalue weighted by atomic mass is 10.1. The van der Waals surface area contributed by atoms with Crippen LogP contribution in [0.1, 0.15) is 24.1 Å². The number of halogens is 2. The summed E-state index contributed by atoms with van der Waals surface area (Å²) in [6.45, 7) is 1.54. The van der Waals surface area contributed by atoms with Gasteiger partial charge in [0.05, 0.1) is 24.6 Å². The molecule has 0 aliphatic carbocycles. The summed E-state index contributed by atoms with van der Waals surface area (Å²) < 4.78 is 33.8. The molecule has 3 aromatic carbocycles. The van der Waals surface area contributed by atoms with Gasteiger partial charge >= 0.3 is 0 Å². The second-order valence-corrected chi connectivity index (χ2v) is 10.7. The van der Waals surface area contributed by atoms with Crippen molar-refractivity contribution in [1.82, 2.24) is 9.62 Å². The first-order chi connectivity index (χ1) is 15.7. The molecule has 0 aliphatic heterocycles. The van der Waals surface area contributed by atoms with Gasteiger partial charge in [-0.1, -0.05) is 51.8 Å². The lowest BCUT2D eigenvalue weighted by molar-refractivity contribution is -0.122. The van der Waals surface area contributed by atoms with Crippen molar-refractivity contribution in [3.8, 4) is 5.75 Å². The van der Waals surface area contributed by atoms with Gasteiger partial charge in [0.15, 0.2) is 0 Å². The molecule has 0 bridgehead atoms. The molecule has 0 spiro atoms. The van der Waals surface area contributed by atoms with E-state index in [1.165, 1.54) is 12.1 Å². The number of sulfonamides is 1. The average Bonchev–Trinajstić information content (AvgIpc) is 2.80. The number of ether oxygens (including phenoxy) is 1. The van der Waals surface area contributed by atoms with E-state index in [2.05, 4.69) is 21.2 Å². The smallest absolute Gasteiger partial charge is 0.243 e. The van der Waals surface area contributed by atoms with Gasteiger partial charge in [-0.3, -0.25) is 4.79 Å².